The Labute approximate surface area is 204 Å². The molecule has 0 bridgehead atoms. The highest BCUT2D eigenvalue weighted by Crippen LogP contribution is 2.28. The summed E-state index contributed by atoms with van der Waals surface area (Å²) < 4.78 is 31.4. The molecule has 3 rings (SSSR count). The number of amides is 2. The summed E-state index contributed by atoms with van der Waals surface area (Å²) >= 11 is 0. The Bertz CT molecular complexity index is 1320. The Morgan fingerprint density at radius 3 is 2.37 bits per heavy atom. The number of carbonyl (C=O) groups is 2. The van der Waals surface area contributed by atoms with Crippen LogP contribution in [-0.2, 0) is 19.6 Å². The number of nitrogens with one attached hydrogen (secondary N) is 2. The fraction of sp³-hybridized carbons (Fsp3) is 0.240. The summed E-state index contributed by atoms with van der Waals surface area (Å²) in [6.07, 6.45) is 2.48. The zero-order chi connectivity index (χ0) is 25.4. The number of anilines is 1. The third kappa shape index (κ3) is 7.54. The number of fused-ring (bicyclic) bond motifs is 1. The van der Waals surface area contributed by atoms with Crippen molar-refractivity contribution in [1.82, 2.24) is 10.7 Å². The first-order valence-electron chi connectivity index (χ1n) is 10.9. The van der Waals surface area contributed by atoms with Crippen LogP contribution >= 0.6 is 0 Å². The van der Waals surface area contributed by atoms with Crippen LogP contribution in [0.2, 0.25) is 0 Å². The summed E-state index contributed by atoms with van der Waals surface area (Å²) in [5.74, 6) is -0.278. The minimum Gasteiger partial charge on any atom is -0.484 e. The Hall–Kier alpha value is -3.92. The number of hydrazone groups is 1. The van der Waals surface area contributed by atoms with Crippen LogP contribution in [0.1, 0.15) is 19.4 Å². The van der Waals surface area contributed by atoms with Gasteiger partial charge in [-0.2, -0.15) is 5.10 Å². The molecule has 3 aromatic rings. The van der Waals surface area contributed by atoms with Crippen LogP contribution in [0.15, 0.2) is 71.8 Å². The third-order valence-corrected chi connectivity index (χ3v) is 5.95. The minimum atomic E-state index is -3.73. The monoisotopic (exact) mass is 496 g/mol. The summed E-state index contributed by atoms with van der Waals surface area (Å²) in [6, 6.07) is 19.5. The average Bonchev–Trinajstić information content (AvgIpc) is 2.80. The highest BCUT2D eigenvalue weighted by molar-refractivity contribution is 7.92. The van der Waals surface area contributed by atoms with E-state index in [1.165, 1.54) is 6.21 Å². The maximum absolute atomic E-state index is 12.5. The third-order valence-electron chi connectivity index (χ3n) is 4.83. The molecule has 35 heavy (non-hydrogen) atoms. The van der Waals surface area contributed by atoms with Crippen molar-refractivity contribution in [2.24, 2.45) is 5.10 Å². The molecular formula is C25H28N4O5S. The molecule has 0 saturated carbocycles. The number of ether oxygens (including phenoxy) is 1. The van der Waals surface area contributed by atoms with Gasteiger partial charge in [-0.05, 0) is 55.1 Å². The van der Waals surface area contributed by atoms with Crippen molar-refractivity contribution in [2.75, 3.05) is 23.7 Å². The summed E-state index contributed by atoms with van der Waals surface area (Å²) in [5.41, 5.74) is 3.46. The standard InChI is InChI=1S/C25H28N4O5S/c1-18(2)27-25(31)17-34-21-13-11-19(12-14-21)15-26-28-24(30)16-29(35(3,32)33)23-10-6-8-20-7-4-5-9-22(20)23/h4-15,18H,16-17H2,1-3H3,(H,27,31)(H,28,30). The molecule has 0 aliphatic carbocycles. The topological polar surface area (TPSA) is 117 Å². The first kappa shape index (κ1) is 25.7. The molecule has 184 valence electrons. The van der Waals surface area contributed by atoms with E-state index in [0.29, 0.717) is 17.0 Å². The van der Waals surface area contributed by atoms with Gasteiger partial charge in [0.15, 0.2) is 6.61 Å². The smallest absolute Gasteiger partial charge is 0.260 e. The maximum Gasteiger partial charge on any atom is 0.260 e. The number of nitrogens with zero attached hydrogens (tertiary/aromatic N) is 2. The summed E-state index contributed by atoms with van der Waals surface area (Å²) in [4.78, 5) is 24.1. The summed E-state index contributed by atoms with van der Waals surface area (Å²) in [7, 11) is -3.73. The van der Waals surface area contributed by atoms with Gasteiger partial charge < -0.3 is 10.1 Å². The van der Waals surface area contributed by atoms with Crippen LogP contribution in [0.4, 0.5) is 5.69 Å². The zero-order valence-electron chi connectivity index (χ0n) is 19.8. The van der Waals surface area contributed by atoms with Crippen molar-refractivity contribution >= 4 is 44.5 Å². The van der Waals surface area contributed by atoms with Gasteiger partial charge in [-0.15, -0.1) is 0 Å². The van der Waals surface area contributed by atoms with Crippen molar-refractivity contribution in [3.05, 3.63) is 72.3 Å². The van der Waals surface area contributed by atoms with E-state index >= 15 is 0 Å². The quantitative estimate of drug-likeness (QED) is 0.331. The molecule has 2 N–H and O–H groups in total. The second-order valence-corrected chi connectivity index (χ2v) is 10.0. The highest BCUT2D eigenvalue weighted by atomic mass is 32.2. The number of hydrogen-bond donors (Lipinski definition) is 2. The Kier molecular flexibility index (Phi) is 8.43. The first-order chi connectivity index (χ1) is 16.6. The lowest BCUT2D eigenvalue weighted by Crippen LogP contribution is -2.39. The van der Waals surface area contributed by atoms with Crippen LogP contribution < -0.4 is 19.8 Å². The van der Waals surface area contributed by atoms with Crippen molar-refractivity contribution in [1.29, 1.82) is 0 Å². The van der Waals surface area contributed by atoms with E-state index in [4.69, 9.17) is 4.74 Å². The highest BCUT2D eigenvalue weighted by Gasteiger charge is 2.22. The van der Waals surface area contributed by atoms with E-state index in [1.54, 1.807) is 36.4 Å². The van der Waals surface area contributed by atoms with Gasteiger partial charge >= 0.3 is 0 Å². The molecule has 3 aromatic carbocycles. The number of carbonyl (C=O) groups excluding carboxylic acids is 2. The first-order valence-corrected chi connectivity index (χ1v) is 12.8. The van der Waals surface area contributed by atoms with Crippen molar-refractivity contribution in [3.8, 4) is 5.75 Å². The predicted molar refractivity (Wildman–Crippen MR) is 137 cm³/mol. The molecule has 0 spiro atoms. The zero-order valence-corrected chi connectivity index (χ0v) is 20.6. The molecule has 0 aliphatic rings. The largest absolute Gasteiger partial charge is 0.484 e. The van der Waals surface area contributed by atoms with Gasteiger partial charge in [-0.3, -0.25) is 13.9 Å². The lowest BCUT2D eigenvalue weighted by Gasteiger charge is -2.23. The van der Waals surface area contributed by atoms with Crippen molar-refractivity contribution in [2.45, 2.75) is 19.9 Å². The van der Waals surface area contributed by atoms with Gasteiger partial charge in [-0.1, -0.05) is 36.4 Å². The molecule has 10 heteroatoms. The lowest BCUT2D eigenvalue weighted by molar-refractivity contribution is -0.123. The Morgan fingerprint density at radius 1 is 1.00 bits per heavy atom. The number of rotatable bonds is 10. The molecule has 0 aliphatic heterocycles. The van der Waals surface area contributed by atoms with Crippen molar-refractivity contribution in [3.63, 3.8) is 0 Å². The van der Waals surface area contributed by atoms with Crippen LogP contribution in [0.3, 0.4) is 0 Å². The van der Waals surface area contributed by atoms with Gasteiger partial charge in [0.05, 0.1) is 18.2 Å². The van der Waals surface area contributed by atoms with E-state index in [2.05, 4.69) is 15.8 Å². The van der Waals surface area contributed by atoms with Crippen LogP contribution in [-0.4, -0.2) is 51.9 Å². The van der Waals surface area contributed by atoms with Crippen LogP contribution in [0.25, 0.3) is 10.8 Å². The van der Waals surface area contributed by atoms with E-state index in [-0.39, 0.29) is 18.6 Å². The fourth-order valence-corrected chi connectivity index (χ4v) is 4.18. The average molecular weight is 497 g/mol. The van der Waals surface area contributed by atoms with Gasteiger partial charge in [0, 0.05) is 11.4 Å². The molecule has 2 amide bonds. The molecule has 0 saturated heterocycles. The van der Waals surface area contributed by atoms with Crippen LogP contribution in [0, 0.1) is 0 Å². The van der Waals surface area contributed by atoms with Gasteiger partial charge in [0.2, 0.25) is 10.0 Å². The predicted octanol–water partition coefficient (Wildman–Crippen LogP) is 2.66. The molecule has 9 nitrogen and oxygen atoms in total. The number of sulfonamides is 1. The normalized spacial score (nSPS) is 11.5. The molecule has 0 aromatic heterocycles. The van der Waals surface area contributed by atoms with Gasteiger partial charge in [-0.25, -0.2) is 13.8 Å². The molecule has 0 heterocycles. The lowest BCUT2D eigenvalue weighted by atomic mass is 10.1. The van der Waals surface area contributed by atoms with Gasteiger partial charge in [0.1, 0.15) is 12.3 Å². The molecule has 0 fully saturated rings. The minimum absolute atomic E-state index is 0.0384. The molecule has 0 radical (unpaired) electrons. The molecular weight excluding hydrogens is 468 g/mol. The van der Waals surface area contributed by atoms with E-state index in [0.717, 1.165) is 21.3 Å². The van der Waals surface area contributed by atoms with E-state index < -0.39 is 22.5 Å². The fourth-order valence-electron chi connectivity index (χ4n) is 3.31. The molecule has 0 unspecified atom stereocenters. The van der Waals surface area contributed by atoms with Crippen LogP contribution in [0.5, 0.6) is 5.75 Å². The summed E-state index contributed by atoms with van der Waals surface area (Å²) in [5, 5.41) is 8.25. The molecule has 0 atom stereocenters. The Balaban J connectivity index is 1.61. The maximum atomic E-state index is 12.5. The van der Waals surface area contributed by atoms with E-state index in [1.807, 2.05) is 44.2 Å². The number of benzene rings is 3. The summed E-state index contributed by atoms with van der Waals surface area (Å²) in [6.45, 7) is 3.23. The van der Waals surface area contributed by atoms with Gasteiger partial charge in [0.25, 0.3) is 11.8 Å². The Morgan fingerprint density at radius 2 is 1.69 bits per heavy atom. The second-order valence-electron chi connectivity index (χ2n) is 8.14. The second kappa shape index (κ2) is 11.5. The van der Waals surface area contributed by atoms with E-state index in [9.17, 15) is 18.0 Å². The van der Waals surface area contributed by atoms with Crippen molar-refractivity contribution < 1.29 is 22.7 Å². The SMILES string of the molecule is CC(C)NC(=O)COc1ccc(C=NNC(=O)CN(c2cccc3ccccc23)S(C)(=O)=O)cc1. The number of hydrogen-bond acceptors (Lipinski definition) is 6.